The highest BCUT2D eigenvalue weighted by atomic mass is 16.2. The zero-order valence-corrected chi connectivity index (χ0v) is 16.6. The van der Waals surface area contributed by atoms with Gasteiger partial charge in [0.1, 0.15) is 12.1 Å². The normalized spacial score (nSPS) is 26.2. The van der Waals surface area contributed by atoms with Crippen molar-refractivity contribution in [1.29, 1.82) is 0 Å². The van der Waals surface area contributed by atoms with Gasteiger partial charge in [-0.3, -0.25) is 14.5 Å². The van der Waals surface area contributed by atoms with Crippen LogP contribution in [0.15, 0.2) is 18.2 Å². The zero-order chi connectivity index (χ0) is 19.8. The van der Waals surface area contributed by atoms with E-state index in [0.29, 0.717) is 6.42 Å². The van der Waals surface area contributed by atoms with Crippen LogP contribution in [0.4, 0.5) is 4.79 Å². The molecule has 2 N–H and O–H groups in total. The Labute approximate surface area is 160 Å². The summed E-state index contributed by atoms with van der Waals surface area (Å²) in [6.45, 7) is 7.74. The zero-order valence-electron chi connectivity index (χ0n) is 16.6. The topological polar surface area (TPSA) is 78.5 Å². The molecule has 1 aliphatic carbocycles. The Balaban J connectivity index is 1.66. The van der Waals surface area contributed by atoms with E-state index in [9.17, 15) is 14.4 Å². The lowest BCUT2D eigenvalue weighted by Gasteiger charge is -2.36. The first-order chi connectivity index (χ1) is 12.7. The van der Waals surface area contributed by atoms with Gasteiger partial charge in [0.05, 0.1) is 6.04 Å². The number of benzene rings is 1. The van der Waals surface area contributed by atoms with Crippen LogP contribution in [-0.2, 0) is 9.59 Å². The van der Waals surface area contributed by atoms with Crippen LogP contribution in [-0.4, -0.2) is 34.8 Å². The minimum absolute atomic E-state index is 0.0882. The number of urea groups is 1. The maximum Gasteiger partial charge on any atom is 0.325 e. The Morgan fingerprint density at radius 3 is 2.70 bits per heavy atom. The van der Waals surface area contributed by atoms with E-state index in [1.54, 1.807) is 0 Å². The Bertz CT molecular complexity index is 776. The molecule has 4 amide bonds. The lowest BCUT2D eigenvalue weighted by atomic mass is 9.73. The Morgan fingerprint density at radius 2 is 2.04 bits per heavy atom. The van der Waals surface area contributed by atoms with Crippen molar-refractivity contribution in [3.8, 4) is 0 Å². The summed E-state index contributed by atoms with van der Waals surface area (Å²) in [4.78, 5) is 38.9. The number of nitrogens with zero attached hydrogens (tertiary/aromatic N) is 1. The van der Waals surface area contributed by atoms with Crippen LogP contribution in [0.1, 0.15) is 62.3 Å². The quantitative estimate of drug-likeness (QED) is 0.799. The van der Waals surface area contributed by atoms with E-state index in [4.69, 9.17) is 0 Å². The monoisotopic (exact) mass is 371 g/mol. The first-order valence-corrected chi connectivity index (χ1v) is 9.75. The molecule has 0 radical (unpaired) electrons. The van der Waals surface area contributed by atoms with E-state index in [0.717, 1.165) is 35.3 Å². The van der Waals surface area contributed by atoms with Crippen molar-refractivity contribution in [2.24, 2.45) is 5.92 Å². The molecule has 0 unspecified atom stereocenters. The van der Waals surface area contributed by atoms with Gasteiger partial charge in [-0.15, -0.1) is 0 Å². The van der Waals surface area contributed by atoms with E-state index in [1.165, 1.54) is 5.56 Å². The number of nitrogens with one attached hydrogen (secondary N) is 2. The molecular weight excluding hydrogens is 342 g/mol. The van der Waals surface area contributed by atoms with Crippen LogP contribution < -0.4 is 10.6 Å². The Morgan fingerprint density at radius 1 is 1.30 bits per heavy atom. The molecule has 6 nitrogen and oxygen atoms in total. The molecule has 1 aliphatic heterocycles. The molecule has 2 fully saturated rings. The van der Waals surface area contributed by atoms with Gasteiger partial charge >= 0.3 is 6.03 Å². The molecule has 1 heterocycles. The van der Waals surface area contributed by atoms with Gasteiger partial charge in [0, 0.05) is 0 Å². The molecule has 3 atom stereocenters. The minimum atomic E-state index is -0.824. The molecule has 0 bridgehead atoms. The molecule has 1 aromatic rings. The van der Waals surface area contributed by atoms with Crippen LogP contribution >= 0.6 is 0 Å². The van der Waals surface area contributed by atoms with Crippen LogP contribution in [0.3, 0.4) is 0 Å². The highest BCUT2D eigenvalue weighted by molar-refractivity contribution is 6.09. The smallest absolute Gasteiger partial charge is 0.325 e. The van der Waals surface area contributed by atoms with E-state index in [1.807, 2.05) is 45.9 Å². The van der Waals surface area contributed by atoms with Gasteiger partial charge in [-0.2, -0.15) is 0 Å². The van der Waals surface area contributed by atoms with Crippen LogP contribution in [0, 0.1) is 19.8 Å². The predicted octanol–water partition coefficient (Wildman–Crippen LogP) is 2.98. The molecule has 27 heavy (non-hydrogen) atoms. The summed E-state index contributed by atoms with van der Waals surface area (Å²) in [5.41, 5.74) is 2.54. The van der Waals surface area contributed by atoms with Crippen LogP contribution in [0.25, 0.3) is 0 Å². The first-order valence-electron chi connectivity index (χ1n) is 9.75. The van der Waals surface area contributed by atoms with Gasteiger partial charge in [0.2, 0.25) is 5.91 Å². The standard InChI is InChI=1S/C21H29N3O3/c1-13-8-9-17(11-14(13)2)16(4)22-18(25)12-24-19(26)21(23-20(24)27)10-6-5-7-15(21)3/h8-9,11,15-16H,5-7,10,12H2,1-4H3,(H,22,25)(H,23,27)/t15-,16+,21-/m0/s1. The second-order valence-corrected chi connectivity index (χ2v) is 8.07. The molecular formula is C21H29N3O3. The van der Waals surface area contributed by atoms with Crippen molar-refractivity contribution in [1.82, 2.24) is 15.5 Å². The van der Waals surface area contributed by atoms with Crippen molar-refractivity contribution in [3.63, 3.8) is 0 Å². The molecule has 1 saturated heterocycles. The number of carbonyl (C=O) groups is 3. The van der Waals surface area contributed by atoms with Crippen molar-refractivity contribution in [3.05, 3.63) is 34.9 Å². The van der Waals surface area contributed by atoms with Gasteiger partial charge in [0.25, 0.3) is 5.91 Å². The maximum absolute atomic E-state index is 12.9. The maximum atomic E-state index is 12.9. The number of imide groups is 1. The van der Waals surface area contributed by atoms with Crippen molar-refractivity contribution >= 4 is 17.8 Å². The highest BCUT2D eigenvalue weighted by Gasteiger charge is 2.55. The Kier molecular flexibility index (Phi) is 5.27. The molecule has 2 aliphatic rings. The van der Waals surface area contributed by atoms with Gasteiger partial charge in [-0.25, -0.2) is 4.79 Å². The number of aryl methyl sites for hydroxylation is 2. The average molecular weight is 371 g/mol. The summed E-state index contributed by atoms with van der Waals surface area (Å²) in [5, 5.41) is 5.78. The molecule has 1 aromatic carbocycles. The predicted molar refractivity (Wildman–Crippen MR) is 103 cm³/mol. The third-order valence-electron chi connectivity index (χ3n) is 6.21. The van der Waals surface area contributed by atoms with Crippen molar-refractivity contribution in [2.45, 2.75) is 65.0 Å². The van der Waals surface area contributed by atoms with Gasteiger partial charge in [0.15, 0.2) is 0 Å². The fourth-order valence-corrected chi connectivity index (χ4v) is 4.19. The fraction of sp³-hybridized carbons (Fsp3) is 0.571. The van der Waals surface area contributed by atoms with Gasteiger partial charge < -0.3 is 10.6 Å². The summed E-state index contributed by atoms with van der Waals surface area (Å²) < 4.78 is 0. The largest absolute Gasteiger partial charge is 0.348 e. The molecule has 3 rings (SSSR count). The average Bonchev–Trinajstić information content (AvgIpc) is 2.85. The number of amides is 4. The summed E-state index contributed by atoms with van der Waals surface area (Å²) in [5.74, 6) is -0.497. The number of rotatable bonds is 4. The van der Waals surface area contributed by atoms with Gasteiger partial charge in [-0.05, 0) is 56.2 Å². The number of hydrogen-bond acceptors (Lipinski definition) is 3. The SMILES string of the molecule is Cc1ccc([C@@H](C)NC(=O)CN2C(=O)N[C@]3(CCCC[C@@H]3C)C2=O)cc1C. The van der Waals surface area contributed by atoms with E-state index < -0.39 is 11.6 Å². The first kappa shape index (κ1) is 19.4. The van der Waals surface area contributed by atoms with E-state index in [2.05, 4.69) is 10.6 Å². The van der Waals surface area contributed by atoms with Crippen LogP contribution in [0.5, 0.6) is 0 Å². The summed E-state index contributed by atoms with van der Waals surface area (Å²) in [6, 6.07) is 5.41. The molecule has 6 heteroatoms. The highest BCUT2D eigenvalue weighted by Crippen LogP contribution is 2.38. The molecule has 1 saturated carbocycles. The molecule has 146 valence electrons. The van der Waals surface area contributed by atoms with E-state index in [-0.39, 0.29) is 30.3 Å². The number of hydrogen-bond donors (Lipinski definition) is 2. The summed E-state index contributed by atoms with van der Waals surface area (Å²) in [7, 11) is 0. The summed E-state index contributed by atoms with van der Waals surface area (Å²) in [6.07, 6.45) is 3.55. The summed E-state index contributed by atoms with van der Waals surface area (Å²) >= 11 is 0. The number of carbonyl (C=O) groups excluding carboxylic acids is 3. The third kappa shape index (κ3) is 3.57. The Hall–Kier alpha value is -2.37. The molecule has 0 aromatic heterocycles. The van der Waals surface area contributed by atoms with E-state index >= 15 is 0 Å². The van der Waals surface area contributed by atoms with Crippen molar-refractivity contribution in [2.75, 3.05) is 6.54 Å². The fourth-order valence-electron chi connectivity index (χ4n) is 4.19. The molecule has 1 spiro atoms. The van der Waals surface area contributed by atoms with Gasteiger partial charge in [-0.1, -0.05) is 38.0 Å². The van der Waals surface area contributed by atoms with Crippen LogP contribution in [0.2, 0.25) is 0 Å². The second-order valence-electron chi connectivity index (χ2n) is 8.07. The third-order valence-corrected chi connectivity index (χ3v) is 6.21. The minimum Gasteiger partial charge on any atom is -0.348 e. The van der Waals surface area contributed by atoms with Crippen molar-refractivity contribution < 1.29 is 14.4 Å². The lowest BCUT2D eigenvalue weighted by Crippen LogP contribution is -2.54. The lowest BCUT2D eigenvalue weighted by molar-refractivity contribution is -0.137. The second kappa shape index (κ2) is 7.33.